The van der Waals surface area contributed by atoms with E-state index >= 15 is 0 Å². The lowest BCUT2D eigenvalue weighted by molar-refractivity contribution is 0.0997. The molecule has 98 valence electrons. The number of hydrogen-bond donors (Lipinski definition) is 3. The van der Waals surface area contributed by atoms with Gasteiger partial charge in [-0.15, -0.1) is 0 Å². The number of nitriles is 1. The average molecular weight is 265 g/mol. The summed E-state index contributed by atoms with van der Waals surface area (Å²) in [5, 5.41) is 21.9. The molecule has 0 aliphatic carbocycles. The maximum absolute atomic E-state index is 10.0. The first-order chi connectivity index (χ1) is 8.48. The monoisotopic (exact) mass is 265 g/mol. The smallest absolute Gasteiger partial charge is 0.0880 e. The van der Waals surface area contributed by atoms with Crippen molar-refractivity contribution in [2.45, 2.75) is 18.9 Å². The third kappa shape index (κ3) is 4.47. The zero-order valence-corrected chi connectivity index (χ0v) is 11.5. The molecule has 0 radical (unpaired) electrons. The third-order valence-electron chi connectivity index (χ3n) is 2.54. The van der Waals surface area contributed by atoms with Gasteiger partial charge in [-0.05, 0) is 36.9 Å². The first kappa shape index (κ1) is 14.7. The summed E-state index contributed by atoms with van der Waals surface area (Å²) in [7, 11) is 0. The number of benzene rings is 1. The molecule has 4 N–H and O–H groups in total. The van der Waals surface area contributed by atoms with E-state index in [4.69, 9.17) is 11.0 Å². The summed E-state index contributed by atoms with van der Waals surface area (Å²) in [5.41, 5.74) is 7.33. The predicted molar refractivity (Wildman–Crippen MR) is 77.7 cm³/mol. The van der Waals surface area contributed by atoms with Crippen molar-refractivity contribution >= 4 is 23.1 Å². The van der Waals surface area contributed by atoms with Crippen LogP contribution in [-0.2, 0) is 6.42 Å². The maximum atomic E-state index is 10.0. The Morgan fingerprint density at radius 3 is 2.89 bits per heavy atom. The number of nitrogen functional groups attached to an aromatic ring is 1. The van der Waals surface area contributed by atoms with Crippen molar-refractivity contribution in [3.05, 3.63) is 23.8 Å². The van der Waals surface area contributed by atoms with E-state index in [-0.39, 0.29) is 0 Å². The second-order valence-electron chi connectivity index (χ2n) is 4.53. The van der Waals surface area contributed by atoms with Gasteiger partial charge in [0.15, 0.2) is 0 Å². The molecule has 0 fully saturated rings. The number of nitrogens with zero attached hydrogens (tertiary/aromatic N) is 1. The minimum absolute atomic E-state index is 0.294. The van der Waals surface area contributed by atoms with Gasteiger partial charge in [0.25, 0.3) is 0 Å². The highest BCUT2D eigenvalue weighted by molar-refractivity contribution is 7.98. The molecule has 1 rings (SSSR count). The van der Waals surface area contributed by atoms with Crippen molar-refractivity contribution in [3.63, 3.8) is 0 Å². The molecular formula is C13H19N3OS. The molecule has 0 aromatic heterocycles. The van der Waals surface area contributed by atoms with Gasteiger partial charge in [-0.25, -0.2) is 0 Å². The lowest BCUT2D eigenvalue weighted by atomic mass is 10.1. The second kappa shape index (κ2) is 6.53. The summed E-state index contributed by atoms with van der Waals surface area (Å²) in [6, 6.07) is 7.57. The van der Waals surface area contributed by atoms with Crippen LogP contribution in [0.5, 0.6) is 0 Å². The molecule has 4 nitrogen and oxygen atoms in total. The van der Waals surface area contributed by atoms with Crippen LogP contribution < -0.4 is 11.1 Å². The molecule has 1 aromatic rings. The predicted octanol–water partition coefficient (Wildman–Crippen LogP) is 1.86. The van der Waals surface area contributed by atoms with Crippen LogP contribution in [0.1, 0.15) is 12.5 Å². The average Bonchev–Trinajstić information content (AvgIpc) is 2.30. The fourth-order valence-electron chi connectivity index (χ4n) is 1.61. The Morgan fingerprint density at radius 2 is 2.28 bits per heavy atom. The van der Waals surface area contributed by atoms with Crippen molar-refractivity contribution in [2.75, 3.05) is 29.6 Å². The van der Waals surface area contributed by atoms with Crippen molar-refractivity contribution in [1.82, 2.24) is 0 Å². The van der Waals surface area contributed by atoms with E-state index in [9.17, 15) is 5.11 Å². The van der Waals surface area contributed by atoms with Crippen LogP contribution in [0.15, 0.2) is 18.2 Å². The van der Waals surface area contributed by atoms with Crippen LogP contribution in [-0.4, -0.2) is 29.3 Å². The largest absolute Gasteiger partial charge is 0.398 e. The van der Waals surface area contributed by atoms with E-state index in [0.717, 1.165) is 11.3 Å². The summed E-state index contributed by atoms with van der Waals surface area (Å²) in [5.74, 6) is 0.667. The highest BCUT2D eigenvalue weighted by Crippen LogP contribution is 2.19. The zero-order chi connectivity index (χ0) is 13.6. The Morgan fingerprint density at radius 1 is 1.56 bits per heavy atom. The van der Waals surface area contributed by atoms with Gasteiger partial charge in [0, 0.05) is 23.7 Å². The third-order valence-corrected chi connectivity index (χ3v) is 3.45. The Kier molecular flexibility index (Phi) is 5.32. The molecule has 0 saturated carbocycles. The van der Waals surface area contributed by atoms with Gasteiger partial charge >= 0.3 is 0 Å². The van der Waals surface area contributed by atoms with Crippen molar-refractivity contribution in [2.24, 2.45) is 0 Å². The van der Waals surface area contributed by atoms with Gasteiger partial charge in [0.2, 0.25) is 0 Å². The highest BCUT2D eigenvalue weighted by atomic mass is 32.2. The number of thioether (sulfide) groups is 1. The summed E-state index contributed by atoms with van der Waals surface area (Å²) < 4.78 is 0. The quantitative estimate of drug-likeness (QED) is 0.684. The topological polar surface area (TPSA) is 82.1 Å². The minimum atomic E-state index is -0.754. The molecule has 1 atom stereocenters. The van der Waals surface area contributed by atoms with Gasteiger partial charge in [-0.3, -0.25) is 0 Å². The maximum Gasteiger partial charge on any atom is 0.0880 e. The molecule has 0 spiro atoms. The molecule has 0 aliphatic rings. The molecule has 1 aromatic carbocycles. The number of rotatable bonds is 6. The molecule has 0 bridgehead atoms. The van der Waals surface area contributed by atoms with E-state index in [0.29, 0.717) is 24.4 Å². The lowest BCUT2D eigenvalue weighted by Crippen LogP contribution is -2.36. The molecule has 0 aliphatic heterocycles. The number of anilines is 2. The van der Waals surface area contributed by atoms with E-state index in [1.165, 1.54) is 0 Å². The van der Waals surface area contributed by atoms with Crippen molar-refractivity contribution in [3.8, 4) is 6.07 Å². The van der Waals surface area contributed by atoms with E-state index in [2.05, 4.69) is 11.4 Å². The van der Waals surface area contributed by atoms with Gasteiger partial charge in [-0.2, -0.15) is 17.0 Å². The summed E-state index contributed by atoms with van der Waals surface area (Å²) >= 11 is 1.60. The summed E-state index contributed by atoms with van der Waals surface area (Å²) in [4.78, 5) is 0. The molecule has 18 heavy (non-hydrogen) atoms. The summed E-state index contributed by atoms with van der Waals surface area (Å²) in [6.07, 6.45) is 2.26. The van der Waals surface area contributed by atoms with Crippen LogP contribution in [0.25, 0.3) is 0 Å². The Balaban J connectivity index is 2.68. The van der Waals surface area contributed by atoms with E-state index in [1.54, 1.807) is 24.8 Å². The highest BCUT2D eigenvalue weighted by Gasteiger charge is 2.19. The first-order valence-electron chi connectivity index (χ1n) is 5.69. The normalized spacial score (nSPS) is 13.7. The SMILES string of the molecule is CSCC(C)(O)CNc1ccc(N)c(CC#N)c1. The molecule has 0 saturated heterocycles. The number of nitrogens with one attached hydrogen (secondary N) is 1. The molecule has 1 unspecified atom stereocenters. The molecule has 0 amide bonds. The Bertz CT molecular complexity index is 440. The van der Waals surface area contributed by atoms with Crippen LogP contribution in [0.3, 0.4) is 0 Å². The fourth-order valence-corrected chi connectivity index (χ4v) is 2.33. The molecular weight excluding hydrogens is 246 g/mol. The zero-order valence-electron chi connectivity index (χ0n) is 10.7. The number of aliphatic hydroxyl groups is 1. The first-order valence-corrected chi connectivity index (χ1v) is 7.08. The molecule has 0 heterocycles. The number of hydrogen-bond acceptors (Lipinski definition) is 5. The van der Waals surface area contributed by atoms with Gasteiger partial charge < -0.3 is 16.2 Å². The fraction of sp³-hybridized carbons (Fsp3) is 0.462. The minimum Gasteiger partial charge on any atom is -0.398 e. The lowest BCUT2D eigenvalue weighted by Gasteiger charge is -2.23. The number of nitrogens with two attached hydrogens (primary N) is 1. The van der Waals surface area contributed by atoms with Crippen LogP contribution in [0.4, 0.5) is 11.4 Å². The van der Waals surface area contributed by atoms with Crippen LogP contribution in [0.2, 0.25) is 0 Å². The van der Waals surface area contributed by atoms with Gasteiger partial charge in [-0.1, -0.05) is 0 Å². The van der Waals surface area contributed by atoms with E-state index < -0.39 is 5.60 Å². The Hall–Kier alpha value is -1.38. The van der Waals surface area contributed by atoms with Gasteiger partial charge in [0.05, 0.1) is 18.1 Å². The van der Waals surface area contributed by atoms with E-state index in [1.807, 2.05) is 18.4 Å². The molecule has 5 heteroatoms. The van der Waals surface area contributed by atoms with Gasteiger partial charge in [0.1, 0.15) is 0 Å². The van der Waals surface area contributed by atoms with Crippen LogP contribution in [0, 0.1) is 11.3 Å². The standard InChI is InChI=1S/C13H19N3OS/c1-13(17,9-18-2)8-16-11-3-4-12(15)10(7-11)5-6-14/h3-4,7,16-17H,5,8-9,15H2,1-2H3. The van der Waals surface area contributed by atoms with Crippen LogP contribution >= 0.6 is 11.8 Å². The van der Waals surface area contributed by atoms with Crippen molar-refractivity contribution < 1.29 is 5.11 Å². The Labute approximate surface area is 112 Å². The van der Waals surface area contributed by atoms with Crippen molar-refractivity contribution in [1.29, 1.82) is 5.26 Å². The second-order valence-corrected chi connectivity index (χ2v) is 5.40. The summed E-state index contributed by atoms with van der Waals surface area (Å²) in [6.45, 7) is 2.26.